The molecular formula is C6H10N2O. The number of likely N-dealkylation sites (tertiary alicyclic amines) is 1. The van der Waals surface area contributed by atoms with Crippen molar-refractivity contribution < 1.29 is 4.79 Å². The van der Waals surface area contributed by atoms with Crippen LogP contribution in [-0.2, 0) is 4.79 Å². The van der Waals surface area contributed by atoms with Crippen LogP contribution in [0.1, 0.15) is 6.92 Å². The van der Waals surface area contributed by atoms with Crippen LogP contribution in [0.5, 0.6) is 0 Å². The van der Waals surface area contributed by atoms with Crippen LogP contribution in [0.25, 0.3) is 0 Å². The SMILES string of the molecule is C/C=C\N1CC(N)C1=O. The minimum atomic E-state index is -0.249. The summed E-state index contributed by atoms with van der Waals surface area (Å²) in [5.41, 5.74) is 5.32. The zero-order valence-corrected chi connectivity index (χ0v) is 5.37. The summed E-state index contributed by atoms with van der Waals surface area (Å²) in [6.45, 7) is 2.54. The summed E-state index contributed by atoms with van der Waals surface area (Å²) in [5, 5.41) is 0. The average molecular weight is 126 g/mol. The Labute approximate surface area is 54.1 Å². The Hall–Kier alpha value is -0.830. The summed E-state index contributed by atoms with van der Waals surface area (Å²) in [4.78, 5) is 12.3. The van der Waals surface area contributed by atoms with E-state index in [1.165, 1.54) is 0 Å². The van der Waals surface area contributed by atoms with Crippen molar-refractivity contribution in [3.05, 3.63) is 12.3 Å². The Kier molecular flexibility index (Phi) is 1.53. The van der Waals surface area contributed by atoms with Crippen LogP contribution in [0.4, 0.5) is 0 Å². The topological polar surface area (TPSA) is 46.3 Å². The smallest absolute Gasteiger partial charge is 0.245 e. The summed E-state index contributed by atoms with van der Waals surface area (Å²) >= 11 is 0. The molecule has 1 atom stereocenters. The molecule has 0 aromatic heterocycles. The third-order valence-corrected chi connectivity index (χ3v) is 1.32. The van der Waals surface area contributed by atoms with Gasteiger partial charge in [0.2, 0.25) is 5.91 Å². The van der Waals surface area contributed by atoms with Gasteiger partial charge in [-0.15, -0.1) is 0 Å². The van der Waals surface area contributed by atoms with E-state index in [1.807, 2.05) is 13.0 Å². The van der Waals surface area contributed by atoms with E-state index in [1.54, 1.807) is 11.1 Å². The van der Waals surface area contributed by atoms with Crippen molar-refractivity contribution in [1.29, 1.82) is 0 Å². The number of carbonyl (C=O) groups excluding carboxylic acids is 1. The maximum atomic E-state index is 10.7. The molecule has 9 heavy (non-hydrogen) atoms. The first-order valence-electron chi connectivity index (χ1n) is 2.94. The van der Waals surface area contributed by atoms with Crippen LogP contribution in [0.3, 0.4) is 0 Å². The molecule has 1 unspecified atom stereocenters. The Bertz CT molecular complexity index is 153. The summed E-state index contributed by atoms with van der Waals surface area (Å²) in [6, 6.07) is -0.249. The molecule has 1 saturated heterocycles. The molecule has 3 nitrogen and oxygen atoms in total. The first-order valence-corrected chi connectivity index (χ1v) is 2.94. The van der Waals surface area contributed by atoms with Gasteiger partial charge in [-0.25, -0.2) is 0 Å². The van der Waals surface area contributed by atoms with Crippen molar-refractivity contribution in [2.45, 2.75) is 13.0 Å². The molecule has 1 heterocycles. The zero-order chi connectivity index (χ0) is 6.85. The molecule has 1 aliphatic heterocycles. The normalized spacial score (nSPS) is 27.1. The second-order valence-corrected chi connectivity index (χ2v) is 2.08. The quantitative estimate of drug-likeness (QED) is 0.490. The maximum absolute atomic E-state index is 10.7. The van der Waals surface area contributed by atoms with E-state index in [0.29, 0.717) is 6.54 Å². The lowest BCUT2D eigenvalue weighted by atomic mass is 10.1. The van der Waals surface area contributed by atoms with E-state index in [0.717, 1.165) is 0 Å². The van der Waals surface area contributed by atoms with Gasteiger partial charge in [0, 0.05) is 12.7 Å². The van der Waals surface area contributed by atoms with Crippen molar-refractivity contribution >= 4 is 5.91 Å². The van der Waals surface area contributed by atoms with E-state index >= 15 is 0 Å². The molecule has 0 aromatic rings. The molecule has 0 radical (unpaired) electrons. The van der Waals surface area contributed by atoms with Gasteiger partial charge in [-0.3, -0.25) is 4.79 Å². The number of β-lactam (4-membered cyclic amide) rings is 1. The van der Waals surface area contributed by atoms with Gasteiger partial charge >= 0.3 is 0 Å². The van der Waals surface area contributed by atoms with Gasteiger partial charge in [0.1, 0.15) is 6.04 Å². The third-order valence-electron chi connectivity index (χ3n) is 1.32. The molecule has 50 valence electrons. The molecule has 0 aliphatic carbocycles. The largest absolute Gasteiger partial charge is 0.318 e. The standard InChI is InChI=1S/C6H10N2O/c1-2-3-8-4-5(7)6(8)9/h2-3,5H,4,7H2,1H3/b3-2-. The van der Waals surface area contributed by atoms with Crippen LogP contribution < -0.4 is 5.73 Å². The fourth-order valence-electron chi connectivity index (χ4n) is 0.795. The van der Waals surface area contributed by atoms with E-state index in [4.69, 9.17) is 5.73 Å². The molecule has 0 aromatic carbocycles. The molecule has 1 rings (SSSR count). The second-order valence-electron chi connectivity index (χ2n) is 2.08. The third kappa shape index (κ3) is 0.954. The Morgan fingerprint density at radius 1 is 1.89 bits per heavy atom. The van der Waals surface area contributed by atoms with Crippen molar-refractivity contribution in [1.82, 2.24) is 4.90 Å². The maximum Gasteiger partial charge on any atom is 0.245 e. The molecule has 3 heteroatoms. The lowest BCUT2D eigenvalue weighted by molar-refractivity contribution is -0.138. The van der Waals surface area contributed by atoms with Crippen molar-refractivity contribution in [3.8, 4) is 0 Å². The number of nitrogens with zero attached hydrogens (tertiary/aromatic N) is 1. The minimum Gasteiger partial charge on any atom is -0.318 e. The van der Waals surface area contributed by atoms with E-state index in [2.05, 4.69) is 0 Å². The van der Waals surface area contributed by atoms with E-state index in [-0.39, 0.29) is 11.9 Å². The van der Waals surface area contributed by atoms with Gasteiger partial charge in [0.05, 0.1) is 0 Å². The van der Waals surface area contributed by atoms with Crippen molar-refractivity contribution in [2.75, 3.05) is 6.54 Å². The highest BCUT2D eigenvalue weighted by Gasteiger charge is 2.31. The van der Waals surface area contributed by atoms with E-state index in [9.17, 15) is 4.79 Å². The zero-order valence-electron chi connectivity index (χ0n) is 5.37. The number of hydrogen-bond donors (Lipinski definition) is 1. The average Bonchev–Trinajstić information content (AvgIpc) is 1.88. The molecule has 0 bridgehead atoms. The van der Waals surface area contributed by atoms with Crippen LogP contribution in [0, 0.1) is 0 Å². The Morgan fingerprint density at radius 2 is 2.56 bits per heavy atom. The summed E-state index contributed by atoms with van der Waals surface area (Å²) in [6.07, 6.45) is 3.56. The fraction of sp³-hybridized carbons (Fsp3) is 0.500. The Balaban J connectivity index is 2.42. The summed E-state index contributed by atoms with van der Waals surface area (Å²) in [7, 11) is 0. The number of nitrogens with two attached hydrogens (primary N) is 1. The highest BCUT2D eigenvalue weighted by molar-refractivity contribution is 5.88. The van der Waals surface area contributed by atoms with Crippen molar-refractivity contribution in [3.63, 3.8) is 0 Å². The summed E-state index contributed by atoms with van der Waals surface area (Å²) < 4.78 is 0. The van der Waals surface area contributed by atoms with Gasteiger partial charge < -0.3 is 10.6 Å². The van der Waals surface area contributed by atoms with E-state index < -0.39 is 0 Å². The fourth-order valence-corrected chi connectivity index (χ4v) is 0.795. The summed E-state index contributed by atoms with van der Waals surface area (Å²) in [5.74, 6) is 0.0214. The van der Waals surface area contributed by atoms with Crippen LogP contribution >= 0.6 is 0 Å². The molecular weight excluding hydrogens is 116 g/mol. The van der Waals surface area contributed by atoms with Gasteiger partial charge in [-0.1, -0.05) is 6.08 Å². The van der Waals surface area contributed by atoms with Gasteiger partial charge in [-0.2, -0.15) is 0 Å². The van der Waals surface area contributed by atoms with Crippen LogP contribution in [0.15, 0.2) is 12.3 Å². The molecule has 2 N–H and O–H groups in total. The molecule has 0 spiro atoms. The predicted octanol–water partition coefficient (Wildman–Crippen LogP) is -0.310. The first kappa shape index (κ1) is 6.29. The van der Waals surface area contributed by atoms with Gasteiger partial charge in [-0.05, 0) is 6.92 Å². The predicted molar refractivity (Wildman–Crippen MR) is 34.5 cm³/mol. The highest BCUT2D eigenvalue weighted by atomic mass is 16.2. The number of carbonyl (C=O) groups is 1. The highest BCUT2D eigenvalue weighted by Crippen LogP contribution is 2.06. The number of hydrogen-bond acceptors (Lipinski definition) is 2. The molecule has 0 saturated carbocycles. The monoisotopic (exact) mass is 126 g/mol. The molecule has 1 fully saturated rings. The second kappa shape index (κ2) is 2.19. The van der Waals surface area contributed by atoms with Crippen LogP contribution in [0.2, 0.25) is 0 Å². The lowest BCUT2D eigenvalue weighted by Crippen LogP contribution is -2.58. The van der Waals surface area contributed by atoms with Crippen LogP contribution in [-0.4, -0.2) is 23.4 Å². The lowest BCUT2D eigenvalue weighted by Gasteiger charge is -2.32. The number of rotatable bonds is 1. The Morgan fingerprint density at radius 3 is 2.89 bits per heavy atom. The number of amides is 1. The van der Waals surface area contributed by atoms with Crippen molar-refractivity contribution in [2.24, 2.45) is 5.73 Å². The minimum absolute atomic E-state index is 0.0214. The van der Waals surface area contributed by atoms with Gasteiger partial charge in [0.25, 0.3) is 0 Å². The first-order chi connectivity index (χ1) is 4.25. The molecule has 1 aliphatic rings. The number of allylic oxidation sites excluding steroid dienone is 1. The van der Waals surface area contributed by atoms with Gasteiger partial charge in [0.15, 0.2) is 0 Å². The molecule has 1 amide bonds.